The summed E-state index contributed by atoms with van der Waals surface area (Å²) in [6.45, 7) is 6.02. The number of thiocarbonyl (C=S) groups is 1. The van der Waals surface area contributed by atoms with Crippen molar-refractivity contribution in [2.75, 3.05) is 5.32 Å². The summed E-state index contributed by atoms with van der Waals surface area (Å²) in [5.74, 6) is -0.0602. The molecular weight excluding hydrogens is 423 g/mol. The van der Waals surface area contributed by atoms with E-state index in [1.54, 1.807) is 22.8 Å². The summed E-state index contributed by atoms with van der Waals surface area (Å²) in [5.41, 5.74) is 4.92. The van der Waals surface area contributed by atoms with Gasteiger partial charge < -0.3 is 10.4 Å². The van der Waals surface area contributed by atoms with E-state index in [0.29, 0.717) is 26.3 Å². The first kappa shape index (κ1) is 21.3. The first-order chi connectivity index (χ1) is 13.7. The molecule has 148 valence electrons. The Kier molecular flexibility index (Phi) is 6.58. The molecule has 3 rings (SSSR count). The first-order valence-corrected chi connectivity index (χ1v) is 10.2. The fourth-order valence-corrected chi connectivity index (χ4v) is 3.82. The van der Waals surface area contributed by atoms with Crippen molar-refractivity contribution in [3.8, 4) is 0 Å². The number of aromatic nitrogens is 1. The van der Waals surface area contributed by atoms with Gasteiger partial charge >= 0.3 is 0 Å². The van der Waals surface area contributed by atoms with Gasteiger partial charge in [0.2, 0.25) is 5.76 Å². The molecule has 0 aliphatic carbocycles. The zero-order valence-electron chi connectivity index (χ0n) is 16.3. The molecule has 0 bridgehead atoms. The van der Waals surface area contributed by atoms with Crippen molar-refractivity contribution in [3.63, 3.8) is 0 Å². The monoisotopic (exact) mass is 443 g/mol. The highest BCUT2D eigenvalue weighted by Gasteiger charge is 2.25. The van der Waals surface area contributed by atoms with Crippen LogP contribution in [0.3, 0.4) is 0 Å². The van der Waals surface area contributed by atoms with Gasteiger partial charge in [-0.3, -0.25) is 0 Å². The Morgan fingerprint density at radius 2 is 1.66 bits per heavy atom. The Bertz CT molecular complexity index is 1110. The minimum atomic E-state index is -0.0602. The van der Waals surface area contributed by atoms with E-state index in [0.717, 1.165) is 22.4 Å². The lowest BCUT2D eigenvalue weighted by molar-refractivity contribution is -0.576. The maximum Gasteiger partial charge on any atom is 0.288 e. The third kappa shape index (κ3) is 5.15. The molecule has 0 atom stereocenters. The minimum absolute atomic E-state index is 0.0602. The van der Waals surface area contributed by atoms with Crippen molar-refractivity contribution in [1.82, 2.24) is 0 Å². The molecule has 0 saturated carbocycles. The standard InChI is InChI=1S/C23H20Cl2N2OS/c1-14-5-4-8-27(13-14)21(22(28)19-12-17(24)6-7-20(19)25)23(29)26-18-10-15(2)9-16(3)11-18/h4-13H,1-3H3,(H-,26,28,29)/p+1. The van der Waals surface area contributed by atoms with E-state index in [1.807, 2.05) is 57.4 Å². The topological polar surface area (TPSA) is 36.1 Å². The number of nitrogens with zero attached hydrogens (tertiary/aromatic N) is 1. The second-order valence-electron chi connectivity index (χ2n) is 6.94. The van der Waals surface area contributed by atoms with Crippen LogP contribution in [-0.4, -0.2) is 10.1 Å². The lowest BCUT2D eigenvalue weighted by Crippen LogP contribution is -2.38. The highest BCUT2D eigenvalue weighted by Crippen LogP contribution is 2.28. The van der Waals surface area contributed by atoms with Crippen LogP contribution in [0.25, 0.3) is 11.5 Å². The number of aryl methyl sites for hydroxylation is 3. The second-order valence-corrected chi connectivity index (χ2v) is 8.19. The number of nitrogens with one attached hydrogen (secondary N) is 1. The maximum absolute atomic E-state index is 11.2. The molecule has 3 aromatic rings. The SMILES string of the molecule is Cc1cc(C)cc(NC(=S)/C(=C(/O)c2cc(Cl)ccc2Cl)[n+]2cccc(C)c2)c1. The molecule has 29 heavy (non-hydrogen) atoms. The number of hydrogen-bond donors (Lipinski definition) is 2. The zero-order chi connectivity index (χ0) is 21.1. The van der Waals surface area contributed by atoms with Gasteiger partial charge in [0.05, 0.1) is 5.02 Å². The summed E-state index contributed by atoms with van der Waals surface area (Å²) < 4.78 is 1.78. The van der Waals surface area contributed by atoms with Gasteiger partial charge in [-0.05, 0) is 68.3 Å². The quantitative estimate of drug-likeness (QED) is 0.208. The van der Waals surface area contributed by atoms with Gasteiger partial charge in [-0.15, -0.1) is 0 Å². The summed E-state index contributed by atoms with van der Waals surface area (Å²) in [6, 6.07) is 14.9. The van der Waals surface area contributed by atoms with Gasteiger partial charge in [-0.1, -0.05) is 41.5 Å². The van der Waals surface area contributed by atoms with Gasteiger partial charge in [0, 0.05) is 27.9 Å². The number of anilines is 1. The van der Waals surface area contributed by atoms with Crippen LogP contribution >= 0.6 is 35.4 Å². The van der Waals surface area contributed by atoms with Crippen LogP contribution in [-0.2, 0) is 0 Å². The molecule has 6 heteroatoms. The normalized spacial score (nSPS) is 11.8. The predicted molar refractivity (Wildman–Crippen MR) is 126 cm³/mol. The Morgan fingerprint density at radius 3 is 2.31 bits per heavy atom. The number of halogens is 2. The molecule has 1 heterocycles. The van der Waals surface area contributed by atoms with Crippen molar-refractivity contribution in [3.05, 3.63) is 93.2 Å². The van der Waals surface area contributed by atoms with Crippen LogP contribution in [0.5, 0.6) is 0 Å². The van der Waals surface area contributed by atoms with E-state index in [-0.39, 0.29) is 5.76 Å². The molecule has 2 N–H and O–H groups in total. The van der Waals surface area contributed by atoms with Crippen molar-refractivity contribution >= 4 is 57.6 Å². The molecule has 2 aromatic carbocycles. The lowest BCUT2D eigenvalue weighted by Gasteiger charge is -2.12. The van der Waals surface area contributed by atoms with Crippen molar-refractivity contribution in [1.29, 1.82) is 0 Å². The largest absolute Gasteiger partial charge is 0.502 e. The second kappa shape index (κ2) is 8.95. The zero-order valence-corrected chi connectivity index (χ0v) is 18.7. The molecule has 0 amide bonds. The average Bonchev–Trinajstić information content (AvgIpc) is 2.63. The summed E-state index contributed by atoms with van der Waals surface area (Å²) >= 11 is 18.2. The van der Waals surface area contributed by atoms with E-state index < -0.39 is 0 Å². The smallest absolute Gasteiger partial charge is 0.288 e. The summed E-state index contributed by atoms with van der Waals surface area (Å²) in [7, 11) is 0. The van der Waals surface area contributed by atoms with Gasteiger partial charge in [-0.2, -0.15) is 4.57 Å². The van der Waals surface area contributed by atoms with Gasteiger partial charge in [0.15, 0.2) is 17.4 Å². The highest BCUT2D eigenvalue weighted by atomic mass is 35.5. The Balaban J connectivity index is 2.15. The first-order valence-electron chi connectivity index (χ1n) is 9.01. The van der Waals surface area contributed by atoms with Crippen LogP contribution in [0.15, 0.2) is 60.9 Å². The van der Waals surface area contributed by atoms with Crippen LogP contribution in [0.1, 0.15) is 22.3 Å². The molecule has 0 radical (unpaired) electrons. The van der Waals surface area contributed by atoms with E-state index >= 15 is 0 Å². The fourth-order valence-electron chi connectivity index (χ4n) is 3.12. The summed E-state index contributed by atoms with van der Waals surface area (Å²) in [5, 5.41) is 15.3. The molecule has 0 saturated heterocycles. The molecular formula is C23H21Cl2N2OS+. The third-order valence-electron chi connectivity index (χ3n) is 4.31. The maximum atomic E-state index is 11.2. The van der Waals surface area contributed by atoms with E-state index in [4.69, 9.17) is 35.4 Å². The Morgan fingerprint density at radius 1 is 0.966 bits per heavy atom. The predicted octanol–water partition coefficient (Wildman–Crippen LogP) is 6.53. The number of hydrogen-bond acceptors (Lipinski definition) is 2. The average molecular weight is 444 g/mol. The van der Waals surface area contributed by atoms with Crippen LogP contribution in [0, 0.1) is 20.8 Å². The number of benzene rings is 2. The summed E-state index contributed by atoms with van der Waals surface area (Å²) in [6.07, 6.45) is 3.71. The molecule has 0 aliphatic rings. The molecule has 3 nitrogen and oxygen atoms in total. The van der Waals surface area contributed by atoms with E-state index in [1.165, 1.54) is 0 Å². The van der Waals surface area contributed by atoms with Gasteiger partial charge in [0.1, 0.15) is 0 Å². The van der Waals surface area contributed by atoms with Gasteiger partial charge in [0.25, 0.3) is 5.70 Å². The molecule has 0 spiro atoms. The number of aliphatic hydroxyl groups excluding tert-OH is 1. The lowest BCUT2D eigenvalue weighted by atomic mass is 10.1. The van der Waals surface area contributed by atoms with Crippen molar-refractivity contribution in [2.24, 2.45) is 0 Å². The molecule has 0 unspecified atom stereocenters. The van der Waals surface area contributed by atoms with E-state index in [2.05, 4.69) is 11.4 Å². The number of aliphatic hydroxyl groups is 1. The van der Waals surface area contributed by atoms with Crippen molar-refractivity contribution in [2.45, 2.75) is 20.8 Å². The highest BCUT2D eigenvalue weighted by molar-refractivity contribution is 7.81. The van der Waals surface area contributed by atoms with Crippen LogP contribution in [0.2, 0.25) is 10.0 Å². The molecule has 1 aromatic heterocycles. The number of pyridine rings is 1. The van der Waals surface area contributed by atoms with Gasteiger partial charge in [-0.25, -0.2) is 0 Å². The minimum Gasteiger partial charge on any atom is -0.502 e. The van der Waals surface area contributed by atoms with E-state index in [9.17, 15) is 5.11 Å². The Labute approximate surface area is 186 Å². The number of rotatable bonds is 4. The van der Waals surface area contributed by atoms with Crippen LogP contribution in [0.4, 0.5) is 5.69 Å². The fraction of sp³-hybridized carbons (Fsp3) is 0.130. The Hall–Kier alpha value is -2.40. The van der Waals surface area contributed by atoms with Crippen LogP contribution < -0.4 is 9.88 Å². The molecule has 0 fully saturated rings. The summed E-state index contributed by atoms with van der Waals surface area (Å²) in [4.78, 5) is 0.360. The van der Waals surface area contributed by atoms with Crippen molar-refractivity contribution < 1.29 is 9.67 Å². The third-order valence-corrected chi connectivity index (χ3v) is 5.17. The molecule has 0 aliphatic heterocycles.